The number of amides is 1. The Kier molecular flexibility index (Phi) is 9.39. The number of carbonyl (C=O) groups excluding carboxylic acids is 1. The Bertz CT molecular complexity index is 1250. The van der Waals surface area contributed by atoms with E-state index in [1.807, 2.05) is 55.5 Å². The van der Waals surface area contributed by atoms with Gasteiger partial charge in [-0.1, -0.05) is 80.9 Å². The summed E-state index contributed by atoms with van der Waals surface area (Å²) in [5.41, 5.74) is 4.40. The van der Waals surface area contributed by atoms with Gasteiger partial charge >= 0.3 is 0 Å². The number of H-pyrrole nitrogens is 1. The van der Waals surface area contributed by atoms with Gasteiger partial charge < -0.3 is 20.4 Å². The predicted octanol–water partition coefficient (Wildman–Crippen LogP) is 6.73. The molecule has 37 heavy (non-hydrogen) atoms. The van der Waals surface area contributed by atoms with Gasteiger partial charge in [-0.3, -0.25) is 4.79 Å². The lowest BCUT2D eigenvalue weighted by Gasteiger charge is -2.23. The number of hydrogen-bond donors (Lipinski definition) is 3. The second-order valence-corrected chi connectivity index (χ2v) is 9.96. The molecule has 0 aliphatic carbocycles. The number of nitrogens with one attached hydrogen (secondary N) is 3. The molecule has 1 heterocycles. The standard InChI is InChI=1S/C32H39N3O2/c1-4-10-23(2)22-37-28-17-15-26(16-18-28)31(35-32(36)24(3)25-11-6-5-7-12-25)21-33-19-27-20-34-30-14-9-8-13-29(27)30/h5-9,11-18,20,23-24,31,33-34H,4,10,19,21-22H2,1-3H3,(H,35,36)/t23?,24?,31-/m0/s1. The Labute approximate surface area is 220 Å². The van der Waals surface area contributed by atoms with Crippen LogP contribution in [0.15, 0.2) is 85.1 Å². The van der Waals surface area contributed by atoms with E-state index in [0.717, 1.165) is 35.2 Å². The van der Waals surface area contributed by atoms with Crippen LogP contribution in [0.2, 0.25) is 0 Å². The van der Waals surface area contributed by atoms with Gasteiger partial charge in [0.15, 0.2) is 0 Å². The van der Waals surface area contributed by atoms with Gasteiger partial charge in [0.25, 0.3) is 0 Å². The molecule has 3 atom stereocenters. The van der Waals surface area contributed by atoms with Crippen molar-refractivity contribution in [2.24, 2.45) is 5.92 Å². The first-order chi connectivity index (χ1) is 18.0. The highest BCUT2D eigenvalue weighted by Gasteiger charge is 2.20. The Hall–Kier alpha value is -3.57. The number of para-hydroxylation sites is 1. The Morgan fingerprint density at radius 3 is 2.41 bits per heavy atom. The number of hydrogen-bond acceptors (Lipinski definition) is 3. The van der Waals surface area contributed by atoms with E-state index in [-0.39, 0.29) is 17.9 Å². The summed E-state index contributed by atoms with van der Waals surface area (Å²) in [6, 6.07) is 26.2. The van der Waals surface area contributed by atoms with Crippen molar-refractivity contribution in [3.8, 4) is 5.75 Å². The van der Waals surface area contributed by atoms with Crippen LogP contribution in [0.25, 0.3) is 10.9 Å². The molecule has 0 bridgehead atoms. The van der Waals surface area contributed by atoms with Gasteiger partial charge in [-0.25, -0.2) is 0 Å². The van der Waals surface area contributed by atoms with Crippen LogP contribution in [0, 0.1) is 5.92 Å². The smallest absolute Gasteiger partial charge is 0.227 e. The van der Waals surface area contributed by atoms with E-state index in [4.69, 9.17) is 4.74 Å². The predicted molar refractivity (Wildman–Crippen MR) is 152 cm³/mol. The second kappa shape index (κ2) is 13.1. The monoisotopic (exact) mass is 497 g/mol. The first-order valence-electron chi connectivity index (χ1n) is 13.4. The Morgan fingerprint density at radius 2 is 1.65 bits per heavy atom. The summed E-state index contributed by atoms with van der Waals surface area (Å²) in [6.45, 7) is 8.41. The molecule has 5 heteroatoms. The number of carbonyl (C=O) groups is 1. The van der Waals surface area contributed by atoms with Crippen LogP contribution in [0.4, 0.5) is 0 Å². The lowest BCUT2D eigenvalue weighted by Crippen LogP contribution is -2.37. The van der Waals surface area contributed by atoms with E-state index in [9.17, 15) is 4.79 Å². The van der Waals surface area contributed by atoms with Crippen LogP contribution in [0.1, 0.15) is 62.3 Å². The van der Waals surface area contributed by atoms with Gasteiger partial charge in [0.2, 0.25) is 5.91 Å². The van der Waals surface area contributed by atoms with Crippen LogP contribution in [0.3, 0.4) is 0 Å². The van der Waals surface area contributed by atoms with Crippen molar-refractivity contribution < 1.29 is 9.53 Å². The molecule has 0 aliphatic rings. The SMILES string of the molecule is CCCC(C)COc1ccc([C@H](CNCc2c[nH]c3ccccc23)NC(=O)C(C)c2ccccc2)cc1. The summed E-state index contributed by atoms with van der Waals surface area (Å²) >= 11 is 0. The maximum Gasteiger partial charge on any atom is 0.227 e. The van der Waals surface area contributed by atoms with Gasteiger partial charge in [-0.2, -0.15) is 0 Å². The van der Waals surface area contributed by atoms with Crippen LogP contribution >= 0.6 is 0 Å². The van der Waals surface area contributed by atoms with E-state index in [2.05, 4.69) is 66.0 Å². The van der Waals surface area contributed by atoms with Crippen molar-refractivity contribution in [1.82, 2.24) is 15.6 Å². The minimum Gasteiger partial charge on any atom is -0.493 e. The number of rotatable bonds is 13. The van der Waals surface area contributed by atoms with Crippen molar-refractivity contribution >= 4 is 16.8 Å². The average molecular weight is 498 g/mol. The number of ether oxygens (including phenoxy) is 1. The maximum absolute atomic E-state index is 13.2. The molecule has 5 nitrogen and oxygen atoms in total. The fourth-order valence-electron chi connectivity index (χ4n) is 4.68. The molecular weight excluding hydrogens is 458 g/mol. The van der Waals surface area contributed by atoms with Crippen LogP contribution in [-0.4, -0.2) is 24.0 Å². The van der Waals surface area contributed by atoms with E-state index < -0.39 is 0 Å². The molecule has 4 rings (SSSR count). The van der Waals surface area contributed by atoms with Crippen molar-refractivity contribution in [2.75, 3.05) is 13.2 Å². The zero-order chi connectivity index (χ0) is 26.0. The fourth-order valence-corrected chi connectivity index (χ4v) is 4.68. The molecule has 1 aromatic heterocycles. The maximum atomic E-state index is 13.2. The lowest BCUT2D eigenvalue weighted by atomic mass is 9.99. The molecule has 0 fully saturated rings. The highest BCUT2D eigenvalue weighted by Crippen LogP contribution is 2.22. The third-order valence-electron chi connectivity index (χ3n) is 6.95. The topological polar surface area (TPSA) is 66.2 Å². The Morgan fingerprint density at radius 1 is 0.919 bits per heavy atom. The zero-order valence-electron chi connectivity index (χ0n) is 22.2. The third kappa shape index (κ3) is 7.23. The molecule has 3 aromatic carbocycles. The van der Waals surface area contributed by atoms with E-state index in [1.54, 1.807) is 0 Å². The van der Waals surface area contributed by atoms with Crippen molar-refractivity contribution in [3.05, 3.63) is 102 Å². The molecular formula is C32H39N3O2. The number of benzene rings is 3. The normalized spacial score (nSPS) is 13.7. The quantitative estimate of drug-likeness (QED) is 0.192. The molecule has 0 aliphatic heterocycles. The van der Waals surface area contributed by atoms with Crippen molar-refractivity contribution in [1.29, 1.82) is 0 Å². The number of fused-ring (bicyclic) bond motifs is 1. The van der Waals surface area contributed by atoms with Crippen molar-refractivity contribution in [3.63, 3.8) is 0 Å². The number of aromatic nitrogens is 1. The molecule has 2 unspecified atom stereocenters. The molecule has 0 saturated carbocycles. The van der Waals surface area contributed by atoms with E-state index in [0.29, 0.717) is 25.6 Å². The molecule has 194 valence electrons. The molecule has 4 aromatic rings. The second-order valence-electron chi connectivity index (χ2n) is 9.96. The minimum atomic E-state index is -0.236. The van der Waals surface area contributed by atoms with Crippen LogP contribution in [0.5, 0.6) is 5.75 Å². The van der Waals surface area contributed by atoms with Crippen molar-refractivity contribution in [2.45, 2.75) is 52.1 Å². The summed E-state index contributed by atoms with van der Waals surface area (Å²) in [6.07, 6.45) is 4.38. The van der Waals surface area contributed by atoms with Crippen LogP contribution in [-0.2, 0) is 11.3 Å². The summed E-state index contributed by atoms with van der Waals surface area (Å²) in [7, 11) is 0. The molecule has 0 spiro atoms. The van der Waals surface area contributed by atoms with Crippen LogP contribution < -0.4 is 15.4 Å². The first-order valence-corrected chi connectivity index (χ1v) is 13.4. The molecule has 3 N–H and O–H groups in total. The highest BCUT2D eigenvalue weighted by atomic mass is 16.5. The zero-order valence-corrected chi connectivity index (χ0v) is 22.2. The first kappa shape index (κ1) is 26.5. The minimum absolute atomic E-state index is 0.0128. The van der Waals surface area contributed by atoms with Gasteiger partial charge in [-0.15, -0.1) is 0 Å². The molecule has 0 saturated heterocycles. The van der Waals surface area contributed by atoms with E-state index in [1.165, 1.54) is 10.9 Å². The van der Waals surface area contributed by atoms with E-state index >= 15 is 0 Å². The molecule has 1 amide bonds. The fraction of sp³-hybridized carbons (Fsp3) is 0.344. The largest absolute Gasteiger partial charge is 0.493 e. The summed E-state index contributed by atoms with van der Waals surface area (Å²) < 4.78 is 6.00. The van der Waals surface area contributed by atoms with Gasteiger partial charge in [0, 0.05) is 30.2 Å². The molecule has 0 radical (unpaired) electrons. The lowest BCUT2D eigenvalue weighted by molar-refractivity contribution is -0.123. The summed E-state index contributed by atoms with van der Waals surface area (Å²) in [5, 5.41) is 8.07. The van der Waals surface area contributed by atoms with Gasteiger partial charge in [0.05, 0.1) is 18.6 Å². The number of aromatic amines is 1. The highest BCUT2D eigenvalue weighted by molar-refractivity contribution is 5.84. The summed E-state index contributed by atoms with van der Waals surface area (Å²) in [4.78, 5) is 16.6. The van der Waals surface area contributed by atoms with Gasteiger partial charge in [0.1, 0.15) is 5.75 Å². The Balaban J connectivity index is 1.44. The average Bonchev–Trinajstić information content (AvgIpc) is 3.35. The summed E-state index contributed by atoms with van der Waals surface area (Å²) in [5.74, 6) is 1.17. The third-order valence-corrected chi connectivity index (χ3v) is 6.95. The van der Waals surface area contributed by atoms with Gasteiger partial charge in [-0.05, 0) is 54.2 Å².